The van der Waals surface area contributed by atoms with Crippen molar-refractivity contribution in [1.29, 1.82) is 0 Å². The maximum atomic E-state index is 14.5. The van der Waals surface area contributed by atoms with Crippen molar-refractivity contribution < 1.29 is 36.2 Å². The minimum absolute atomic E-state index is 0.0591. The number of sulfonamides is 1. The van der Waals surface area contributed by atoms with E-state index in [-0.39, 0.29) is 24.3 Å². The minimum atomic E-state index is -4.40. The van der Waals surface area contributed by atoms with Crippen molar-refractivity contribution in [1.82, 2.24) is 4.31 Å². The zero-order valence-corrected chi connectivity index (χ0v) is 17.3. The molecule has 2 aromatic rings. The number of methoxy groups -OCH3 is 1. The van der Waals surface area contributed by atoms with Crippen molar-refractivity contribution in [3.8, 4) is 0 Å². The molecule has 7 nitrogen and oxygen atoms in total. The molecule has 2 aromatic carbocycles. The third kappa shape index (κ3) is 5.24. The second kappa shape index (κ2) is 9.35. The molecule has 0 aromatic heterocycles. The van der Waals surface area contributed by atoms with Gasteiger partial charge in [0.2, 0.25) is 10.0 Å². The van der Waals surface area contributed by atoms with E-state index in [1.165, 1.54) is 7.11 Å². The number of nitrogens with zero attached hydrogens (tertiary/aromatic N) is 1. The van der Waals surface area contributed by atoms with Crippen molar-refractivity contribution in [2.24, 2.45) is 0 Å². The van der Waals surface area contributed by atoms with E-state index >= 15 is 0 Å². The maximum absolute atomic E-state index is 14.5. The third-order valence-electron chi connectivity index (χ3n) is 4.97. The Morgan fingerprint density at radius 2 is 1.77 bits per heavy atom. The normalized spacial score (nSPS) is 20.3. The highest BCUT2D eigenvalue weighted by Crippen LogP contribution is 2.25. The molecule has 2 atom stereocenters. The van der Waals surface area contributed by atoms with Crippen molar-refractivity contribution in [2.75, 3.05) is 25.5 Å². The summed E-state index contributed by atoms with van der Waals surface area (Å²) in [4.78, 5) is 11.7. The van der Waals surface area contributed by atoms with Crippen molar-refractivity contribution in [2.45, 2.75) is 29.9 Å². The summed E-state index contributed by atoms with van der Waals surface area (Å²) < 4.78 is 73.2. The summed E-state index contributed by atoms with van der Waals surface area (Å²) >= 11 is 0. The molecule has 1 saturated heterocycles. The molecule has 2 unspecified atom stereocenters. The number of amides is 1. The van der Waals surface area contributed by atoms with Crippen molar-refractivity contribution in [3.63, 3.8) is 0 Å². The summed E-state index contributed by atoms with van der Waals surface area (Å²) in [6.07, 6.45) is -0.667. The summed E-state index contributed by atoms with van der Waals surface area (Å²) in [5, 5.41) is 12.3. The van der Waals surface area contributed by atoms with Gasteiger partial charge in [-0.3, -0.25) is 4.79 Å². The second-order valence-corrected chi connectivity index (χ2v) is 9.05. The Hall–Kier alpha value is -2.47. The zero-order valence-electron chi connectivity index (χ0n) is 16.5. The SMILES string of the molecule is COC1CCC(O)CN(S(=O)(=O)c2cc(C(=O)Nc3ccc(F)c(F)c3)ccc2F)C1. The van der Waals surface area contributed by atoms with Crippen molar-refractivity contribution in [3.05, 3.63) is 59.4 Å². The van der Waals surface area contributed by atoms with Gasteiger partial charge < -0.3 is 15.2 Å². The molecule has 1 aliphatic heterocycles. The number of carbonyl (C=O) groups is 1. The van der Waals surface area contributed by atoms with Crippen LogP contribution < -0.4 is 5.32 Å². The van der Waals surface area contributed by atoms with E-state index in [0.29, 0.717) is 12.8 Å². The van der Waals surface area contributed by atoms with Gasteiger partial charge in [0.25, 0.3) is 5.91 Å². The van der Waals surface area contributed by atoms with Crippen LogP contribution in [-0.2, 0) is 14.8 Å². The van der Waals surface area contributed by atoms with Crippen LogP contribution in [0.2, 0.25) is 0 Å². The lowest BCUT2D eigenvalue weighted by Crippen LogP contribution is -2.40. The Balaban J connectivity index is 1.90. The number of β-amino-alcohol motifs (C(OH)–C–C–N with tert-alkyl or cyclic N) is 1. The van der Waals surface area contributed by atoms with Gasteiger partial charge in [-0.05, 0) is 43.2 Å². The first-order chi connectivity index (χ1) is 14.6. The lowest BCUT2D eigenvalue weighted by Gasteiger charge is -2.24. The molecule has 1 aliphatic rings. The average molecular weight is 458 g/mol. The monoisotopic (exact) mass is 458 g/mol. The molecule has 0 radical (unpaired) electrons. The lowest BCUT2D eigenvalue weighted by molar-refractivity contribution is 0.0849. The van der Waals surface area contributed by atoms with Crippen LogP contribution in [0, 0.1) is 17.5 Å². The number of nitrogens with one attached hydrogen (secondary N) is 1. The Bertz CT molecular complexity index is 1080. The number of halogens is 3. The molecule has 1 heterocycles. The molecule has 31 heavy (non-hydrogen) atoms. The van der Waals surface area contributed by atoms with Gasteiger partial charge in [-0.25, -0.2) is 21.6 Å². The van der Waals surface area contributed by atoms with Crippen LogP contribution >= 0.6 is 0 Å². The first-order valence-corrected chi connectivity index (χ1v) is 10.8. The van der Waals surface area contributed by atoms with Gasteiger partial charge in [0.05, 0.1) is 12.2 Å². The molecule has 11 heteroatoms. The minimum Gasteiger partial charge on any atom is -0.392 e. The quantitative estimate of drug-likeness (QED) is 0.718. The maximum Gasteiger partial charge on any atom is 0.255 e. The van der Waals surface area contributed by atoms with E-state index in [0.717, 1.165) is 40.7 Å². The van der Waals surface area contributed by atoms with Crippen molar-refractivity contribution >= 4 is 21.6 Å². The Kier molecular flexibility index (Phi) is 6.99. The average Bonchev–Trinajstić information content (AvgIpc) is 2.92. The van der Waals surface area contributed by atoms with Gasteiger partial charge in [0, 0.05) is 37.5 Å². The van der Waals surface area contributed by atoms with Crippen LogP contribution in [0.5, 0.6) is 0 Å². The van der Waals surface area contributed by atoms with Crippen LogP contribution in [0.1, 0.15) is 23.2 Å². The fourth-order valence-electron chi connectivity index (χ4n) is 3.24. The first-order valence-electron chi connectivity index (χ1n) is 9.38. The van der Waals surface area contributed by atoms with Gasteiger partial charge in [0.1, 0.15) is 10.7 Å². The van der Waals surface area contributed by atoms with Crippen LogP contribution in [0.3, 0.4) is 0 Å². The summed E-state index contributed by atoms with van der Waals surface area (Å²) in [6.45, 7) is -0.326. The number of ether oxygens (including phenoxy) is 1. The predicted molar refractivity (Wildman–Crippen MR) is 106 cm³/mol. The van der Waals surface area contributed by atoms with E-state index in [1.807, 2.05) is 0 Å². The summed E-state index contributed by atoms with van der Waals surface area (Å²) in [7, 11) is -2.99. The molecule has 3 rings (SSSR count). The summed E-state index contributed by atoms with van der Waals surface area (Å²) in [5.41, 5.74) is -0.264. The molecule has 2 N–H and O–H groups in total. The van der Waals surface area contributed by atoms with Gasteiger partial charge >= 0.3 is 0 Å². The Labute approximate surface area is 177 Å². The first kappa shape index (κ1) is 23.2. The summed E-state index contributed by atoms with van der Waals surface area (Å²) in [6, 6.07) is 5.47. The predicted octanol–water partition coefficient (Wildman–Crippen LogP) is 2.52. The van der Waals surface area contributed by atoms with Crippen LogP contribution in [0.15, 0.2) is 41.3 Å². The molecular formula is C20H21F3N2O5S. The topological polar surface area (TPSA) is 95.9 Å². The smallest absolute Gasteiger partial charge is 0.255 e. The number of hydrogen-bond donors (Lipinski definition) is 2. The zero-order chi connectivity index (χ0) is 22.8. The second-order valence-electron chi connectivity index (χ2n) is 7.14. The molecule has 0 aliphatic carbocycles. The van der Waals surface area contributed by atoms with Crippen LogP contribution in [0.25, 0.3) is 0 Å². The lowest BCUT2D eigenvalue weighted by atomic mass is 10.1. The fraction of sp³-hybridized carbons (Fsp3) is 0.350. The number of carbonyl (C=O) groups excluding carboxylic acids is 1. The van der Waals surface area contributed by atoms with Crippen LogP contribution in [-0.4, -0.2) is 56.1 Å². The van der Waals surface area contributed by atoms with E-state index in [4.69, 9.17) is 4.74 Å². The highest BCUT2D eigenvalue weighted by atomic mass is 32.2. The van der Waals surface area contributed by atoms with Crippen LogP contribution in [0.4, 0.5) is 18.9 Å². The highest BCUT2D eigenvalue weighted by Gasteiger charge is 2.34. The van der Waals surface area contributed by atoms with E-state index in [1.54, 1.807) is 0 Å². The Morgan fingerprint density at radius 3 is 2.45 bits per heavy atom. The van der Waals surface area contributed by atoms with Gasteiger partial charge in [-0.15, -0.1) is 0 Å². The molecular weight excluding hydrogens is 437 g/mol. The number of aliphatic hydroxyl groups is 1. The molecule has 0 saturated carbocycles. The Morgan fingerprint density at radius 1 is 1.06 bits per heavy atom. The fourth-order valence-corrected chi connectivity index (χ4v) is 4.84. The molecule has 0 spiro atoms. The van der Waals surface area contributed by atoms with Gasteiger partial charge in [0.15, 0.2) is 11.6 Å². The molecule has 168 valence electrons. The van der Waals surface area contributed by atoms with E-state index in [2.05, 4.69) is 5.32 Å². The van der Waals surface area contributed by atoms with Gasteiger partial charge in [-0.2, -0.15) is 4.31 Å². The molecule has 0 bridgehead atoms. The summed E-state index contributed by atoms with van der Waals surface area (Å²) in [5.74, 6) is -4.18. The number of anilines is 1. The molecule has 1 fully saturated rings. The van der Waals surface area contributed by atoms with E-state index in [9.17, 15) is 31.5 Å². The number of aliphatic hydroxyl groups excluding tert-OH is 1. The number of rotatable bonds is 5. The third-order valence-corrected chi connectivity index (χ3v) is 6.81. The van der Waals surface area contributed by atoms with Gasteiger partial charge in [-0.1, -0.05) is 0 Å². The number of hydrogen-bond acceptors (Lipinski definition) is 5. The number of benzene rings is 2. The molecule has 1 amide bonds. The van der Waals surface area contributed by atoms with E-state index < -0.39 is 50.5 Å². The largest absolute Gasteiger partial charge is 0.392 e. The highest BCUT2D eigenvalue weighted by molar-refractivity contribution is 7.89. The standard InChI is InChI=1S/C20H21F3N2O5S/c1-30-15-5-4-14(26)10-25(11-15)31(28,29)19-8-12(2-6-17(19)22)20(27)24-13-3-7-16(21)18(23)9-13/h2-3,6-9,14-15,26H,4-5,10-11H2,1H3,(H,24,27).